The molecule has 0 heterocycles. The van der Waals surface area contributed by atoms with Crippen LogP contribution in [0.5, 0.6) is 0 Å². The molecule has 0 rings (SSSR count). The minimum atomic E-state index is -1.07. The summed E-state index contributed by atoms with van der Waals surface area (Å²) < 4.78 is 0. The van der Waals surface area contributed by atoms with Gasteiger partial charge in [-0.15, -0.1) is 11.6 Å². The van der Waals surface area contributed by atoms with Crippen LogP contribution in [0.1, 0.15) is 13.3 Å². The predicted octanol–water partition coefficient (Wildman–Crippen LogP) is 1.21. The van der Waals surface area contributed by atoms with Crippen molar-refractivity contribution in [3.8, 4) is 0 Å². The van der Waals surface area contributed by atoms with Crippen LogP contribution in [0, 0.1) is 0 Å². The summed E-state index contributed by atoms with van der Waals surface area (Å²) in [6, 6.07) is 0. The van der Waals surface area contributed by atoms with E-state index in [0.717, 1.165) is 0 Å². The third-order valence-corrected chi connectivity index (χ3v) is 1.47. The van der Waals surface area contributed by atoms with Gasteiger partial charge in [-0.1, -0.05) is 6.08 Å². The number of allylic oxidation sites excluding steroid dienone is 2. The van der Waals surface area contributed by atoms with Crippen LogP contribution in [0.15, 0.2) is 11.6 Å². The van der Waals surface area contributed by atoms with Crippen molar-refractivity contribution >= 4 is 23.9 Å². The average Bonchev–Trinajstić information content (AvgIpc) is 1.99. The molecule has 0 aromatic carbocycles. The molecule has 0 aromatic rings. The molecule has 11 heavy (non-hydrogen) atoms. The van der Waals surface area contributed by atoms with Crippen LogP contribution < -0.4 is 0 Å². The lowest BCUT2D eigenvalue weighted by Crippen LogP contribution is -2.11. The van der Waals surface area contributed by atoms with Gasteiger partial charge in [0.2, 0.25) is 0 Å². The fourth-order valence-electron chi connectivity index (χ4n) is 0.438. The largest absolute Gasteiger partial charge is 0.480 e. The zero-order valence-electron chi connectivity index (χ0n) is 6.08. The Bertz CT molecular complexity index is 186. The lowest BCUT2D eigenvalue weighted by atomic mass is 10.2. The molecule has 0 aliphatic rings. The van der Waals surface area contributed by atoms with Crippen molar-refractivity contribution < 1.29 is 14.7 Å². The quantitative estimate of drug-likeness (QED) is 0.398. The zero-order chi connectivity index (χ0) is 8.85. The van der Waals surface area contributed by atoms with Crippen molar-refractivity contribution in [1.29, 1.82) is 0 Å². The Kier molecular flexibility index (Phi) is 4.54. The Hall–Kier alpha value is -0.830. The van der Waals surface area contributed by atoms with Gasteiger partial charge in [0.05, 0.1) is 0 Å². The van der Waals surface area contributed by atoms with E-state index in [4.69, 9.17) is 16.7 Å². The molecule has 4 heteroatoms. The molecule has 1 N–H and O–H groups in total. The molecule has 0 aliphatic heterocycles. The monoisotopic (exact) mass is 176 g/mol. The molecule has 0 bridgehead atoms. The highest BCUT2D eigenvalue weighted by molar-refractivity contribution is 6.29. The van der Waals surface area contributed by atoms with Crippen molar-refractivity contribution in [3.05, 3.63) is 11.6 Å². The van der Waals surface area contributed by atoms with Crippen LogP contribution in [-0.2, 0) is 9.59 Å². The van der Waals surface area contributed by atoms with E-state index in [1.807, 2.05) is 0 Å². The summed E-state index contributed by atoms with van der Waals surface area (Å²) in [4.78, 5) is 20.2. The Morgan fingerprint density at radius 2 is 2.27 bits per heavy atom. The molecule has 0 spiro atoms. The summed E-state index contributed by atoms with van der Waals surface area (Å²) in [5.41, 5.74) is 0.497. The van der Waals surface area contributed by atoms with Gasteiger partial charge in [0.1, 0.15) is 11.7 Å². The molecule has 0 saturated heterocycles. The number of carboxylic acid groups (broad SMARTS) is 1. The van der Waals surface area contributed by atoms with Crippen LogP contribution in [0.3, 0.4) is 0 Å². The zero-order valence-corrected chi connectivity index (χ0v) is 6.84. The molecule has 1 unspecified atom stereocenters. The number of hydrogen-bond donors (Lipinski definition) is 1. The lowest BCUT2D eigenvalue weighted by Gasteiger charge is -1.97. The second-order valence-electron chi connectivity index (χ2n) is 2.11. The summed E-state index contributed by atoms with van der Waals surface area (Å²) >= 11 is 5.36. The highest BCUT2D eigenvalue weighted by atomic mass is 35.5. The van der Waals surface area contributed by atoms with Gasteiger partial charge in [0.25, 0.3) is 0 Å². The van der Waals surface area contributed by atoms with E-state index >= 15 is 0 Å². The van der Waals surface area contributed by atoms with Gasteiger partial charge in [-0.25, -0.2) is 0 Å². The molecule has 0 fully saturated rings. The lowest BCUT2D eigenvalue weighted by molar-refractivity contribution is -0.136. The van der Waals surface area contributed by atoms with E-state index in [9.17, 15) is 9.59 Å². The number of carbonyl (C=O) groups excluding carboxylic acids is 1. The molecule has 3 nitrogen and oxygen atoms in total. The number of aliphatic carboxylic acids is 1. The normalized spacial score (nSPS) is 14.2. The number of alkyl halides is 1. The fourth-order valence-corrected chi connectivity index (χ4v) is 0.527. The number of aldehydes is 1. The topological polar surface area (TPSA) is 54.4 Å². The summed E-state index contributed by atoms with van der Waals surface area (Å²) in [6.07, 6.45) is 2.34. The maximum absolute atomic E-state index is 10.2. The van der Waals surface area contributed by atoms with Gasteiger partial charge in [-0.05, 0) is 18.9 Å². The van der Waals surface area contributed by atoms with Crippen molar-refractivity contribution in [2.75, 3.05) is 0 Å². The van der Waals surface area contributed by atoms with Gasteiger partial charge < -0.3 is 5.11 Å². The van der Waals surface area contributed by atoms with E-state index in [-0.39, 0.29) is 6.42 Å². The van der Waals surface area contributed by atoms with Gasteiger partial charge >= 0.3 is 5.97 Å². The third kappa shape index (κ3) is 4.56. The molecule has 0 saturated carbocycles. The SMILES string of the molecule is CC(C=O)=CCC(Cl)C(=O)O. The van der Waals surface area contributed by atoms with E-state index in [2.05, 4.69) is 0 Å². The van der Waals surface area contributed by atoms with Gasteiger partial charge in [-0.3, -0.25) is 9.59 Å². The van der Waals surface area contributed by atoms with Crippen LogP contribution in [0.25, 0.3) is 0 Å². The first-order valence-corrected chi connectivity index (χ1v) is 3.50. The van der Waals surface area contributed by atoms with Crippen LogP contribution in [0.2, 0.25) is 0 Å². The van der Waals surface area contributed by atoms with E-state index in [0.29, 0.717) is 11.9 Å². The number of carboxylic acids is 1. The molecular weight excluding hydrogens is 168 g/mol. The highest BCUT2D eigenvalue weighted by Gasteiger charge is 2.10. The molecule has 0 amide bonds. The smallest absolute Gasteiger partial charge is 0.321 e. The average molecular weight is 177 g/mol. The molecule has 0 radical (unpaired) electrons. The highest BCUT2D eigenvalue weighted by Crippen LogP contribution is 2.04. The number of halogens is 1. The van der Waals surface area contributed by atoms with Gasteiger partial charge in [0, 0.05) is 0 Å². The van der Waals surface area contributed by atoms with Crippen molar-refractivity contribution in [2.45, 2.75) is 18.7 Å². The first kappa shape index (κ1) is 10.2. The fraction of sp³-hybridized carbons (Fsp3) is 0.429. The Balaban J connectivity index is 3.87. The maximum Gasteiger partial charge on any atom is 0.321 e. The Labute approximate surface area is 69.7 Å². The summed E-state index contributed by atoms with van der Waals surface area (Å²) in [5, 5.41) is 7.38. The Morgan fingerprint density at radius 1 is 1.73 bits per heavy atom. The number of hydrogen-bond acceptors (Lipinski definition) is 2. The predicted molar refractivity (Wildman–Crippen MR) is 41.7 cm³/mol. The minimum absolute atomic E-state index is 0.182. The second kappa shape index (κ2) is 4.91. The maximum atomic E-state index is 10.2. The standard InChI is InChI=1S/C7H9ClO3/c1-5(4-9)2-3-6(8)7(10)11/h2,4,6H,3H2,1H3,(H,10,11). The molecule has 0 aliphatic carbocycles. The van der Waals surface area contributed by atoms with Gasteiger partial charge in [-0.2, -0.15) is 0 Å². The third-order valence-electron chi connectivity index (χ3n) is 1.10. The van der Waals surface area contributed by atoms with E-state index < -0.39 is 11.3 Å². The summed E-state index contributed by atoms with van der Waals surface area (Å²) in [6.45, 7) is 1.60. The second-order valence-corrected chi connectivity index (χ2v) is 2.63. The van der Waals surface area contributed by atoms with Crippen LogP contribution in [0.4, 0.5) is 0 Å². The van der Waals surface area contributed by atoms with Crippen LogP contribution >= 0.6 is 11.6 Å². The number of rotatable bonds is 4. The van der Waals surface area contributed by atoms with E-state index in [1.54, 1.807) is 6.92 Å². The van der Waals surface area contributed by atoms with Crippen molar-refractivity contribution in [1.82, 2.24) is 0 Å². The summed E-state index contributed by atoms with van der Waals surface area (Å²) in [5.74, 6) is -1.07. The molecule has 1 atom stereocenters. The van der Waals surface area contributed by atoms with Gasteiger partial charge in [0.15, 0.2) is 0 Å². The molecule has 62 valence electrons. The van der Waals surface area contributed by atoms with Crippen molar-refractivity contribution in [2.24, 2.45) is 0 Å². The minimum Gasteiger partial charge on any atom is -0.480 e. The summed E-state index contributed by atoms with van der Waals surface area (Å²) in [7, 11) is 0. The molecular formula is C7H9ClO3. The van der Waals surface area contributed by atoms with Crippen LogP contribution in [-0.4, -0.2) is 22.7 Å². The first-order valence-electron chi connectivity index (χ1n) is 3.06. The first-order chi connectivity index (χ1) is 5.07. The number of carbonyl (C=O) groups is 2. The van der Waals surface area contributed by atoms with E-state index in [1.165, 1.54) is 6.08 Å². The molecule has 0 aromatic heterocycles. The van der Waals surface area contributed by atoms with Crippen molar-refractivity contribution in [3.63, 3.8) is 0 Å². The Morgan fingerprint density at radius 3 is 2.64 bits per heavy atom.